The van der Waals surface area contributed by atoms with E-state index in [0.717, 1.165) is 10.0 Å². The molecule has 1 amide bonds. The van der Waals surface area contributed by atoms with Crippen LogP contribution in [-0.4, -0.2) is 21.0 Å². The molecule has 0 aliphatic carbocycles. The fraction of sp³-hybridized carbons (Fsp3) is 0.125. The van der Waals surface area contributed by atoms with E-state index in [2.05, 4.69) is 36.4 Å². The predicted molar refractivity (Wildman–Crippen MR) is 89.0 cm³/mol. The quantitative estimate of drug-likeness (QED) is 0.754. The standard InChI is InChI=1S/C16H13BrN4O2/c1-2-14-20-15(21-23-14)10-4-3-5-13(7-10)19-16(22)11-6-12(17)9-18-8-11/h3-9H,2H2,1H3,(H,19,22). The monoisotopic (exact) mass is 372 g/mol. The van der Waals surface area contributed by atoms with Crippen molar-refractivity contribution >= 4 is 27.5 Å². The van der Waals surface area contributed by atoms with Crippen LogP contribution in [0.2, 0.25) is 0 Å². The van der Waals surface area contributed by atoms with E-state index < -0.39 is 0 Å². The number of hydrogen-bond acceptors (Lipinski definition) is 5. The fourth-order valence-electron chi connectivity index (χ4n) is 1.99. The molecule has 2 heterocycles. The SMILES string of the molecule is CCc1nc(-c2cccc(NC(=O)c3cncc(Br)c3)c2)no1. The zero-order valence-corrected chi connectivity index (χ0v) is 13.9. The molecule has 1 aromatic carbocycles. The summed E-state index contributed by atoms with van der Waals surface area (Å²) in [4.78, 5) is 20.5. The summed E-state index contributed by atoms with van der Waals surface area (Å²) >= 11 is 3.30. The molecule has 0 aliphatic rings. The number of aryl methyl sites for hydroxylation is 1. The number of carbonyl (C=O) groups is 1. The third-order valence-electron chi connectivity index (χ3n) is 3.12. The van der Waals surface area contributed by atoms with Crippen molar-refractivity contribution in [1.29, 1.82) is 0 Å². The van der Waals surface area contributed by atoms with Crippen LogP contribution in [0.25, 0.3) is 11.4 Å². The van der Waals surface area contributed by atoms with E-state index in [4.69, 9.17) is 4.52 Å². The van der Waals surface area contributed by atoms with E-state index in [1.165, 1.54) is 6.20 Å². The lowest BCUT2D eigenvalue weighted by Crippen LogP contribution is -2.12. The van der Waals surface area contributed by atoms with Crippen molar-refractivity contribution in [1.82, 2.24) is 15.1 Å². The molecular formula is C16H13BrN4O2. The summed E-state index contributed by atoms with van der Waals surface area (Å²) in [7, 11) is 0. The van der Waals surface area contributed by atoms with Crippen LogP contribution >= 0.6 is 15.9 Å². The number of anilines is 1. The lowest BCUT2D eigenvalue weighted by molar-refractivity contribution is 0.102. The largest absolute Gasteiger partial charge is 0.339 e. The third-order valence-corrected chi connectivity index (χ3v) is 3.55. The molecule has 2 aromatic heterocycles. The van der Waals surface area contributed by atoms with Gasteiger partial charge in [0.25, 0.3) is 5.91 Å². The number of halogens is 1. The second-order valence-corrected chi connectivity index (χ2v) is 5.71. The topological polar surface area (TPSA) is 80.9 Å². The summed E-state index contributed by atoms with van der Waals surface area (Å²) in [6.07, 6.45) is 3.81. The van der Waals surface area contributed by atoms with Gasteiger partial charge in [-0.25, -0.2) is 0 Å². The molecule has 6 nitrogen and oxygen atoms in total. The molecule has 0 bridgehead atoms. The molecule has 116 valence electrons. The molecule has 0 saturated carbocycles. The Kier molecular flexibility index (Phi) is 4.47. The Labute approximate surface area is 141 Å². The summed E-state index contributed by atoms with van der Waals surface area (Å²) in [5.41, 5.74) is 1.89. The van der Waals surface area contributed by atoms with E-state index in [1.54, 1.807) is 24.4 Å². The maximum atomic E-state index is 12.2. The number of carbonyl (C=O) groups excluding carboxylic acids is 1. The number of rotatable bonds is 4. The summed E-state index contributed by atoms with van der Waals surface area (Å²) in [6, 6.07) is 8.99. The average molecular weight is 373 g/mol. The minimum atomic E-state index is -0.238. The summed E-state index contributed by atoms with van der Waals surface area (Å²) in [5, 5.41) is 6.76. The van der Waals surface area contributed by atoms with Crippen molar-refractivity contribution in [2.45, 2.75) is 13.3 Å². The molecule has 7 heteroatoms. The van der Waals surface area contributed by atoms with Crippen LogP contribution in [0.15, 0.2) is 51.7 Å². The highest BCUT2D eigenvalue weighted by atomic mass is 79.9. The Bertz CT molecular complexity index is 847. The molecule has 23 heavy (non-hydrogen) atoms. The normalized spacial score (nSPS) is 10.5. The van der Waals surface area contributed by atoms with Gasteiger partial charge < -0.3 is 9.84 Å². The maximum absolute atomic E-state index is 12.2. The van der Waals surface area contributed by atoms with Crippen LogP contribution in [0.5, 0.6) is 0 Å². The van der Waals surface area contributed by atoms with Crippen molar-refractivity contribution in [3.05, 3.63) is 58.7 Å². The van der Waals surface area contributed by atoms with Crippen LogP contribution in [-0.2, 0) is 6.42 Å². The van der Waals surface area contributed by atoms with Crippen molar-refractivity contribution in [3.63, 3.8) is 0 Å². The van der Waals surface area contributed by atoms with Gasteiger partial charge in [0.15, 0.2) is 0 Å². The van der Waals surface area contributed by atoms with Crippen molar-refractivity contribution < 1.29 is 9.32 Å². The van der Waals surface area contributed by atoms with Gasteiger partial charge in [0, 0.05) is 34.5 Å². The number of hydrogen-bond donors (Lipinski definition) is 1. The smallest absolute Gasteiger partial charge is 0.257 e. The van der Waals surface area contributed by atoms with Crippen molar-refractivity contribution in [3.8, 4) is 11.4 Å². The zero-order chi connectivity index (χ0) is 16.2. The van der Waals surface area contributed by atoms with Gasteiger partial charge in [-0.3, -0.25) is 9.78 Å². The van der Waals surface area contributed by atoms with E-state index in [1.807, 2.05) is 19.1 Å². The minimum absolute atomic E-state index is 0.238. The summed E-state index contributed by atoms with van der Waals surface area (Å²) < 4.78 is 5.86. The number of pyridine rings is 1. The lowest BCUT2D eigenvalue weighted by Gasteiger charge is -2.06. The van der Waals surface area contributed by atoms with Gasteiger partial charge in [0.2, 0.25) is 11.7 Å². The zero-order valence-electron chi connectivity index (χ0n) is 12.3. The second kappa shape index (κ2) is 6.70. The molecule has 3 rings (SSSR count). The minimum Gasteiger partial charge on any atom is -0.339 e. The molecule has 0 saturated heterocycles. The lowest BCUT2D eigenvalue weighted by atomic mass is 10.2. The van der Waals surface area contributed by atoms with Gasteiger partial charge in [-0.15, -0.1) is 0 Å². The molecular weight excluding hydrogens is 360 g/mol. The van der Waals surface area contributed by atoms with E-state index >= 15 is 0 Å². The number of nitrogens with one attached hydrogen (secondary N) is 1. The first-order valence-electron chi connectivity index (χ1n) is 7.00. The highest BCUT2D eigenvalue weighted by molar-refractivity contribution is 9.10. The average Bonchev–Trinajstić information content (AvgIpc) is 3.04. The molecule has 0 spiro atoms. The van der Waals surface area contributed by atoms with Crippen LogP contribution in [0.1, 0.15) is 23.2 Å². The van der Waals surface area contributed by atoms with E-state index in [-0.39, 0.29) is 5.91 Å². The van der Waals surface area contributed by atoms with Gasteiger partial charge in [0.05, 0.1) is 5.56 Å². The van der Waals surface area contributed by atoms with Gasteiger partial charge in [0.1, 0.15) is 0 Å². The Morgan fingerprint density at radius 1 is 1.30 bits per heavy atom. The Morgan fingerprint density at radius 2 is 2.17 bits per heavy atom. The van der Waals surface area contributed by atoms with Gasteiger partial charge >= 0.3 is 0 Å². The van der Waals surface area contributed by atoms with Gasteiger partial charge in [-0.2, -0.15) is 4.98 Å². The molecule has 0 radical (unpaired) electrons. The predicted octanol–water partition coefficient (Wildman–Crippen LogP) is 3.71. The van der Waals surface area contributed by atoms with Crippen LogP contribution in [0.3, 0.4) is 0 Å². The highest BCUT2D eigenvalue weighted by Gasteiger charge is 2.10. The number of amides is 1. The number of benzene rings is 1. The van der Waals surface area contributed by atoms with Crippen LogP contribution in [0, 0.1) is 0 Å². The summed E-state index contributed by atoms with van der Waals surface area (Å²) in [5.74, 6) is 0.843. The van der Waals surface area contributed by atoms with E-state index in [0.29, 0.717) is 29.4 Å². The molecule has 3 aromatic rings. The fourth-order valence-corrected chi connectivity index (χ4v) is 2.36. The Balaban J connectivity index is 1.81. The van der Waals surface area contributed by atoms with Gasteiger partial charge in [-0.1, -0.05) is 24.2 Å². The first kappa shape index (κ1) is 15.4. The first-order chi connectivity index (χ1) is 11.2. The van der Waals surface area contributed by atoms with Crippen molar-refractivity contribution in [2.75, 3.05) is 5.32 Å². The highest BCUT2D eigenvalue weighted by Crippen LogP contribution is 2.21. The van der Waals surface area contributed by atoms with Crippen LogP contribution in [0.4, 0.5) is 5.69 Å². The number of nitrogens with zero attached hydrogens (tertiary/aromatic N) is 3. The second-order valence-electron chi connectivity index (χ2n) is 4.79. The Morgan fingerprint density at radius 3 is 2.91 bits per heavy atom. The molecule has 0 aliphatic heterocycles. The first-order valence-corrected chi connectivity index (χ1v) is 7.80. The third kappa shape index (κ3) is 3.62. The van der Waals surface area contributed by atoms with Crippen LogP contribution < -0.4 is 5.32 Å². The Hall–Kier alpha value is -2.54. The maximum Gasteiger partial charge on any atom is 0.257 e. The molecule has 0 fully saturated rings. The molecule has 1 N–H and O–H groups in total. The van der Waals surface area contributed by atoms with E-state index in [9.17, 15) is 4.79 Å². The molecule has 0 atom stereocenters. The van der Waals surface area contributed by atoms with Crippen molar-refractivity contribution in [2.24, 2.45) is 0 Å². The number of aromatic nitrogens is 3. The molecule has 0 unspecified atom stereocenters. The summed E-state index contributed by atoms with van der Waals surface area (Å²) in [6.45, 7) is 1.94. The van der Waals surface area contributed by atoms with Gasteiger partial charge in [-0.05, 0) is 34.1 Å².